The van der Waals surface area contributed by atoms with Crippen molar-refractivity contribution in [2.75, 3.05) is 5.32 Å². The van der Waals surface area contributed by atoms with Gasteiger partial charge in [-0.05, 0) is 61.8 Å². The second-order valence-corrected chi connectivity index (χ2v) is 10.9. The summed E-state index contributed by atoms with van der Waals surface area (Å²) < 4.78 is 0. The summed E-state index contributed by atoms with van der Waals surface area (Å²) in [4.78, 5) is 39.6. The van der Waals surface area contributed by atoms with Crippen LogP contribution in [0, 0.1) is 29.6 Å². The van der Waals surface area contributed by atoms with Gasteiger partial charge in [0.2, 0.25) is 5.91 Å². The summed E-state index contributed by atoms with van der Waals surface area (Å²) in [5.74, 6) is -2.04. The summed E-state index contributed by atoms with van der Waals surface area (Å²) in [5, 5.41) is 16.5. The number of hydrogen-bond acceptors (Lipinski definition) is 4. The molecular weight excluding hydrogens is 412 g/mol. The highest BCUT2D eigenvalue weighted by molar-refractivity contribution is 7.17. The molecule has 0 aliphatic heterocycles. The zero-order valence-corrected chi connectivity index (χ0v) is 18.7. The van der Waals surface area contributed by atoms with E-state index >= 15 is 0 Å². The quantitative estimate of drug-likeness (QED) is 0.601. The fourth-order valence-electron chi connectivity index (χ4n) is 6.12. The second kappa shape index (κ2) is 8.08. The Labute approximate surface area is 186 Å². The number of thiophene rings is 1. The number of hydrogen-bond donors (Lipinski definition) is 3. The summed E-state index contributed by atoms with van der Waals surface area (Å²) in [7, 11) is 0. The molecule has 1 heterocycles. The van der Waals surface area contributed by atoms with Gasteiger partial charge in [0.15, 0.2) is 0 Å². The molecular formula is C24H30N2O4S. The molecule has 2 saturated carbocycles. The van der Waals surface area contributed by atoms with E-state index < -0.39 is 17.8 Å². The Balaban J connectivity index is 1.43. The van der Waals surface area contributed by atoms with Gasteiger partial charge < -0.3 is 15.7 Å². The number of carboxylic acids is 1. The van der Waals surface area contributed by atoms with Crippen LogP contribution >= 0.6 is 11.3 Å². The van der Waals surface area contributed by atoms with Crippen LogP contribution in [-0.2, 0) is 22.4 Å². The van der Waals surface area contributed by atoms with Gasteiger partial charge in [0.1, 0.15) is 5.00 Å². The van der Waals surface area contributed by atoms with Crippen molar-refractivity contribution in [1.29, 1.82) is 0 Å². The van der Waals surface area contributed by atoms with E-state index in [1.165, 1.54) is 16.2 Å². The van der Waals surface area contributed by atoms with Gasteiger partial charge in [-0.3, -0.25) is 14.4 Å². The number of fused-ring (bicyclic) bond motifs is 3. The minimum absolute atomic E-state index is 0.0310. The van der Waals surface area contributed by atoms with Crippen LogP contribution < -0.4 is 10.6 Å². The Morgan fingerprint density at radius 2 is 1.77 bits per heavy atom. The highest BCUT2D eigenvalue weighted by Gasteiger charge is 2.51. The van der Waals surface area contributed by atoms with Gasteiger partial charge in [0, 0.05) is 10.9 Å². The predicted octanol–water partition coefficient (Wildman–Crippen LogP) is 4.01. The minimum atomic E-state index is -0.907. The number of carbonyl (C=O) groups is 3. The van der Waals surface area contributed by atoms with E-state index in [1.807, 2.05) is 12.2 Å². The fourth-order valence-corrected chi connectivity index (χ4v) is 7.53. The van der Waals surface area contributed by atoms with Gasteiger partial charge in [-0.1, -0.05) is 31.9 Å². The summed E-state index contributed by atoms with van der Waals surface area (Å²) >= 11 is 1.51. The van der Waals surface area contributed by atoms with Crippen LogP contribution in [0.15, 0.2) is 12.2 Å². The van der Waals surface area contributed by atoms with E-state index in [1.54, 1.807) is 0 Å². The first-order valence-electron chi connectivity index (χ1n) is 11.6. The molecule has 3 N–H and O–H groups in total. The van der Waals surface area contributed by atoms with Crippen molar-refractivity contribution < 1.29 is 19.5 Å². The molecule has 4 aliphatic rings. The molecule has 0 radical (unpaired) electrons. The molecule has 7 heteroatoms. The molecule has 4 aliphatic carbocycles. The third kappa shape index (κ3) is 3.71. The number of anilines is 1. The molecule has 6 nitrogen and oxygen atoms in total. The zero-order chi connectivity index (χ0) is 21.7. The Morgan fingerprint density at radius 3 is 2.48 bits per heavy atom. The van der Waals surface area contributed by atoms with Crippen molar-refractivity contribution in [3.63, 3.8) is 0 Å². The molecule has 0 aromatic carbocycles. The summed E-state index contributed by atoms with van der Waals surface area (Å²) in [6.07, 6.45) is 11.8. The van der Waals surface area contributed by atoms with E-state index in [0.717, 1.165) is 56.9 Å². The molecule has 1 aromatic heterocycles. The Bertz CT molecular complexity index is 946. The first-order chi connectivity index (χ1) is 14.9. The van der Waals surface area contributed by atoms with Gasteiger partial charge in [0.05, 0.1) is 17.4 Å². The van der Waals surface area contributed by atoms with Crippen molar-refractivity contribution in [2.24, 2.45) is 29.6 Å². The van der Waals surface area contributed by atoms with Crippen molar-refractivity contribution in [1.82, 2.24) is 5.32 Å². The zero-order valence-electron chi connectivity index (χ0n) is 17.9. The average molecular weight is 443 g/mol. The summed E-state index contributed by atoms with van der Waals surface area (Å²) in [5.41, 5.74) is 1.70. The molecule has 166 valence electrons. The van der Waals surface area contributed by atoms with Gasteiger partial charge in [0.25, 0.3) is 5.91 Å². The molecule has 2 amide bonds. The highest BCUT2D eigenvalue weighted by atomic mass is 32.1. The standard InChI is InChI=1S/C24H30N2O4S/c1-12-6-9-16-17(10-12)31-23(20(16)22(28)25-15-4-2-3-5-15)26-21(27)18-13-7-8-14(11-13)19(18)24(29)30/h7-8,12-15,18-19H,2-6,9-11H2,1H3,(H,25,28)(H,26,27)(H,29,30)/t12-,13+,14+,18-,19-/m1/s1. The molecule has 0 unspecified atom stereocenters. The summed E-state index contributed by atoms with van der Waals surface area (Å²) in [6.45, 7) is 2.22. The first-order valence-corrected chi connectivity index (χ1v) is 12.4. The van der Waals surface area contributed by atoms with Gasteiger partial charge >= 0.3 is 5.97 Å². The summed E-state index contributed by atoms with van der Waals surface area (Å²) in [6, 6.07) is 0.209. The number of carbonyl (C=O) groups excluding carboxylic acids is 2. The molecule has 2 fully saturated rings. The molecule has 31 heavy (non-hydrogen) atoms. The maximum absolute atomic E-state index is 13.3. The van der Waals surface area contributed by atoms with E-state index in [0.29, 0.717) is 16.5 Å². The largest absolute Gasteiger partial charge is 0.481 e. The van der Waals surface area contributed by atoms with Crippen LogP contribution in [0.5, 0.6) is 0 Å². The Hall–Kier alpha value is -2.15. The molecule has 5 atom stereocenters. The van der Waals surface area contributed by atoms with E-state index in [9.17, 15) is 19.5 Å². The lowest BCUT2D eigenvalue weighted by Gasteiger charge is -2.24. The van der Waals surface area contributed by atoms with Crippen LogP contribution in [0.1, 0.15) is 66.2 Å². The van der Waals surface area contributed by atoms with Crippen molar-refractivity contribution in [3.8, 4) is 0 Å². The fraction of sp³-hybridized carbons (Fsp3) is 0.625. The van der Waals surface area contributed by atoms with E-state index in [-0.39, 0.29) is 29.7 Å². The second-order valence-electron chi connectivity index (χ2n) is 9.84. The van der Waals surface area contributed by atoms with Gasteiger partial charge in [-0.2, -0.15) is 0 Å². The molecule has 0 spiro atoms. The third-order valence-corrected chi connectivity index (χ3v) is 8.88. The predicted molar refractivity (Wildman–Crippen MR) is 119 cm³/mol. The molecule has 0 saturated heterocycles. The van der Waals surface area contributed by atoms with Crippen molar-refractivity contribution in [3.05, 3.63) is 28.2 Å². The number of carboxylic acid groups (broad SMARTS) is 1. The maximum atomic E-state index is 13.3. The number of rotatable bonds is 5. The minimum Gasteiger partial charge on any atom is -0.481 e. The van der Waals surface area contributed by atoms with Crippen LogP contribution in [0.2, 0.25) is 0 Å². The van der Waals surface area contributed by atoms with Crippen LogP contribution in [0.25, 0.3) is 0 Å². The van der Waals surface area contributed by atoms with Crippen molar-refractivity contribution in [2.45, 2.75) is 64.3 Å². The van der Waals surface area contributed by atoms with Crippen LogP contribution in [-0.4, -0.2) is 28.9 Å². The smallest absolute Gasteiger partial charge is 0.307 e. The van der Waals surface area contributed by atoms with Gasteiger partial charge in [-0.15, -0.1) is 11.3 Å². The van der Waals surface area contributed by atoms with Crippen LogP contribution in [0.4, 0.5) is 5.00 Å². The van der Waals surface area contributed by atoms with Crippen LogP contribution in [0.3, 0.4) is 0 Å². The molecule has 1 aromatic rings. The average Bonchev–Trinajstić information content (AvgIpc) is 3.50. The Kier molecular flexibility index (Phi) is 5.40. The monoisotopic (exact) mass is 442 g/mol. The normalized spacial score (nSPS) is 31.6. The lowest BCUT2D eigenvalue weighted by Crippen LogP contribution is -2.37. The Morgan fingerprint density at radius 1 is 1.06 bits per heavy atom. The van der Waals surface area contributed by atoms with E-state index in [4.69, 9.17) is 0 Å². The van der Waals surface area contributed by atoms with Gasteiger partial charge in [-0.25, -0.2) is 0 Å². The SMILES string of the molecule is C[C@@H]1CCc2c(sc(NC(=O)[C@H]3[C@H](C(=O)O)[C@H]4C=C[C@H]3C4)c2C(=O)NC2CCCC2)C1. The number of nitrogens with one attached hydrogen (secondary N) is 2. The highest BCUT2D eigenvalue weighted by Crippen LogP contribution is 2.49. The number of allylic oxidation sites excluding steroid dienone is 2. The topological polar surface area (TPSA) is 95.5 Å². The van der Waals surface area contributed by atoms with Crippen molar-refractivity contribution >= 4 is 34.1 Å². The molecule has 5 rings (SSSR count). The van der Waals surface area contributed by atoms with E-state index in [2.05, 4.69) is 17.6 Å². The lowest BCUT2D eigenvalue weighted by molar-refractivity contribution is -0.146. The lowest BCUT2D eigenvalue weighted by atomic mass is 9.82. The maximum Gasteiger partial charge on any atom is 0.307 e. The number of aliphatic carboxylic acids is 1. The third-order valence-electron chi connectivity index (χ3n) is 7.71. The molecule has 2 bridgehead atoms. The number of amides is 2. The first kappa shape index (κ1) is 20.7.